The number of carbonyl (C=O) groups excluding carboxylic acids is 1. The highest BCUT2D eigenvalue weighted by Crippen LogP contribution is 2.22. The maximum absolute atomic E-state index is 13.9. The number of carbonyl (C=O) groups is 1. The summed E-state index contributed by atoms with van der Waals surface area (Å²) in [6.07, 6.45) is 4.21. The van der Waals surface area contributed by atoms with Crippen molar-refractivity contribution < 1.29 is 13.9 Å². The third-order valence-electron chi connectivity index (χ3n) is 4.01. The molecular formula is C19H24FN3O2. The fourth-order valence-corrected chi connectivity index (χ4v) is 2.69. The average Bonchev–Trinajstić information content (AvgIpc) is 2.63. The Morgan fingerprint density at radius 3 is 2.60 bits per heavy atom. The molecule has 2 aromatic rings. The highest BCUT2D eigenvalue weighted by atomic mass is 19.1. The Morgan fingerprint density at radius 2 is 2.00 bits per heavy atom. The van der Waals surface area contributed by atoms with Crippen LogP contribution >= 0.6 is 0 Å². The first kappa shape index (κ1) is 18.7. The van der Waals surface area contributed by atoms with E-state index in [0.717, 1.165) is 12.0 Å². The van der Waals surface area contributed by atoms with Crippen molar-refractivity contribution >= 4 is 6.03 Å². The zero-order chi connectivity index (χ0) is 18.2. The molecule has 0 spiro atoms. The molecule has 1 N–H and O–H groups in total. The molecule has 0 bridgehead atoms. The van der Waals surface area contributed by atoms with Gasteiger partial charge in [0.2, 0.25) is 0 Å². The lowest BCUT2D eigenvalue weighted by Crippen LogP contribution is -2.39. The number of hydrogen-bond donors (Lipinski definition) is 1. The number of benzene rings is 1. The summed E-state index contributed by atoms with van der Waals surface area (Å²) in [5.41, 5.74) is 1.71. The van der Waals surface area contributed by atoms with E-state index in [-0.39, 0.29) is 24.4 Å². The van der Waals surface area contributed by atoms with Crippen LogP contribution in [0.3, 0.4) is 0 Å². The largest absolute Gasteiger partial charge is 0.491 e. The van der Waals surface area contributed by atoms with Gasteiger partial charge in [-0.2, -0.15) is 0 Å². The molecule has 1 atom stereocenters. The minimum Gasteiger partial charge on any atom is -0.491 e. The number of urea groups is 1. The van der Waals surface area contributed by atoms with E-state index in [2.05, 4.69) is 10.3 Å². The molecule has 25 heavy (non-hydrogen) atoms. The van der Waals surface area contributed by atoms with E-state index in [9.17, 15) is 9.18 Å². The number of aromatic nitrogens is 1. The topological polar surface area (TPSA) is 54.5 Å². The van der Waals surface area contributed by atoms with Crippen LogP contribution in [0.2, 0.25) is 0 Å². The van der Waals surface area contributed by atoms with Gasteiger partial charge in [0.05, 0.1) is 12.6 Å². The summed E-state index contributed by atoms with van der Waals surface area (Å²) in [6.45, 7) is 4.48. The van der Waals surface area contributed by atoms with E-state index in [1.807, 2.05) is 19.1 Å². The molecule has 2 rings (SSSR count). The zero-order valence-corrected chi connectivity index (χ0v) is 14.8. The lowest BCUT2D eigenvalue weighted by atomic mass is 10.1. The highest BCUT2D eigenvalue weighted by Gasteiger charge is 2.19. The van der Waals surface area contributed by atoms with Crippen molar-refractivity contribution in [3.63, 3.8) is 0 Å². The third kappa shape index (κ3) is 4.92. The smallest absolute Gasteiger partial charge is 0.317 e. The molecule has 0 aliphatic carbocycles. The van der Waals surface area contributed by atoms with E-state index < -0.39 is 5.82 Å². The van der Waals surface area contributed by atoms with Crippen LogP contribution in [0.1, 0.15) is 37.4 Å². The number of pyridine rings is 1. The predicted molar refractivity (Wildman–Crippen MR) is 94.8 cm³/mol. The van der Waals surface area contributed by atoms with Gasteiger partial charge in [0.1, 0.15) is 0 Å². The zero-order valence-electron chi connectivity index (χ0n) is 14.8. The molecule has 0 saturated heterocycles. The third-order valence-corrected chi connectivity index (χ3v) is 4.01. The molecule has 0 aliphatic rings. The summed E-state index contributed by atoms with van der Waals surface area (Å²) < 4.78 is 19.0. The molecule has 2 amide bonds. The van der Waals surface area contributed by atoms with Gasteiger partial charge in [-0.15, -0.1) is 0 Å². The van der Waals surface area contributed by atoms with Gasteiger partial charge in [0.25, 0.3) is 0 Å². The minimum atomic E-state index is -0.426. The van der Waals surface area contributed by atoms with Gasteiger partial charge in [-0.1, -0.05) is 13.0 Å². The summed E-state index contributed by atoms with van der Waals surface area (Å²) in [6, 6.07) is 8.26. The summed E-state index contributed by atoms with van der Waals surface area (Å²) in [5, 5.41) is 2.83. The Hall–Kier alpha value is -2.63. The molecule has 134 valence electrons. The average molecular weight is 345 g/mol. The first-order valence-electron chi connectivity index (χ1n) is 8.38. The molecule has 1 heterocycles. The highest BCUT2D eigenvalue weighted by molar-refractivity contribution is 5.74. The van der Waals surface area contributed by atoms with Crippen LogP contribution in [0.5, 0.6) is 5.75 Å². The van der Waals surface area contributed by atoms with Crippen molar-refractivity contribution in [2.45, 2.75) is 32.9 Å². The molecule has 6 heteroatoms. The lowest BCUT2D eigenvalue weighted by Gasteiger charge is -2.27. The van der Waals surface area contributed by atoms with Crippen molar-refractivity contribution in [1.82, 2.24) is 15.2 Å². The van der Waals surface area contributed by atoms with Crippen molar-refractivity contribution in [1.29, 1.82) is 0 Å². The second kappa shape index (κ2) is 9.01. The van der Waals surface area contributed by atoms with Gasteiger partial charge in [0.15, 0.2) is 11.6 Å². The standard InChI is InChI=1S/C19H24FN3O2/c1-4-17(15-8-10-21-11-9-15)23(3)19(24)22-13-14-6-7-18(25-5-2)16(20)12-14/h6-12,17H,4-5,13H2,1-3H3,(H,22,24). The minimum absolute atomic E-state index is 0.0416. The Kier molecular flexibility index (Phi) is 6.74. The monoisotopic (exact) mass is 345 g/mol. The first-order chi connectivity index (χ1) is 12.1. The number of nitrogens with zero attached hydrogens (tertiary/aromatic N) is 2. The Balaban J connectivity index is 1.98. The number of rotatable bonds is 7. The van der Waals surface area contributed by atoms with Crippen molar-refractivity contribution in [3.8, 4) is 5.75 Å². The molecule has 1 aromatic carbocycles. The SMILES string of the molecule is CCOc1ccc(CNC(=O)N(C)C(CC)c2ccncc2)cc1F. The lowest BCUT2D eigenvalue weighted by molar-refractivity contribution is 0.188. The van der Waals surface area contributed by atoms with E-state index in [4.69, 9.17) is 4.74 Å². The fourth-order valence-electron chi connectivity index (χ4n) is 2.69. The second-order valence-electron chi connectivity index (χ2n) is 5.67. The summed E-state index contributed by atoms with van der Waals surface area (Å²) in [7, 11) is 1.75. The van der Waals surface area contributed by atoms with Gasteiger partial charge in [-0.05, 0) is 48.7 Å². The predicted octanol–water partition coefficient (Wildman–Crippen LogP) is 3.91. The Labute approximate surface area is 147 Å². The van der Waals surface area contributed by atoms with Crippen LogP contribution in [-0.4, -0.2) is 29.6 Å². The van der Waals surface area contributed by atoms with Crippen LogP contribution in [-0.2, 0) is 6.54 Å². The van der Waals surface area contributed by atoms with Crippen LogP contribution in [0.4, 0.5) is 9.18 Å². The van der Waals surface area contributed by atoms with E-state index in [0.29, 0.717) is 12.2 Å². The summed E-state index contributed by atoms with van der Waals surface area (Å²) in [5.74, 6) is -0.205. The Bertz CT molecular complexity index is 694. The number of hydrogen-bond acceptors (Lipinski definition) is 3. The van der Waals surface area contributed by atoms with Crippen LogP contribution in [0.25, 0.3) is 0 Å². The maximum atomic E-state index is 13.9. The molecule has 1 aromatic heterocycles. The normalized spacial score (nSPS) is 11.7. The molecule has 5 nitrogen and oxygen atoms in total. The van der Waals surface area contributed by atoms with Crippen LogP contribution < -0.4 is 10.1 Å². The van der Waals surface area contributed by atoms with Gasteiger partial charge in [-0.25, -0.2) is 9.18 Å². The first-order valence-corrected chi connectivity index (χ1v) is 8.38. The van der Waals surface area contributed by atoms with Gasteiger partial charge < -0.3 is 15.0 Å². The molecule has 0 fully saturated rings. The maximum Gasteiger partial charge on any atom is 0.317 e. The number of nitrogens with one attached hydrogen (secondary N) is 1. The Morgan fingerprint density at radius 1 is 1.28 bits per heavy atom. The van der Waals surface area contributed by atoms with E-state index in [1.54, 1.807) is 43.4 Å². The summed E-state index contributed by atoms with van der Waals surface area (Å²) in [4.78, 5) is 18.1. The van der Waals surface area contributed by atoms with Crippen molar-refractivity contribution in [2.24, 2.45) is 0 Å². The van der Waals surface area contributed by atoms with Gasteiger partial charge in [-0.3, -0.25) is 4.98 Å². The quantitative estimate of drug-likeness (QED) is 0.828. The van der Waals surface area contributed by atoms with E-state index >= 15 is 0 Å². The molecule has 0 saturated carbocycles. The molecule has 0 aliphatic heterocycles. The number of ether oxygens (including phenoxy) is 1. The van der Waals surface area contributed by atoms with Crippen molar-refractivity contribution in [2.75, 3.05) is 13.7 Å². The molecule has 0 radical (unpaired) electrons. The molecular weight excluding hydrogens is 321 g/mol. The number of halogens is 1. The number of amides is 2. The van der Waals surface area contributed by atoms with Crippen LogP contribution in [0.15, 0.2) is 42.7 Å². The van der Waals surface area contributed by atoms with E-state index in [1.165, 1.54) is 6.07 Å². The van der Waals surface area contributed by atoms with Gasteiger partial charge in [0, 0.05) is 26.0 Å². The molecule has 1 unspecified atom stereocenters. The second-order valence-corrected chi connectivity index (χ2v) is 5.67. The van der Waals surface area contributed by atoms with Crippen LogP contribution in [0, 0.1) is 5.82 Å². The summed E-state index contributed by atoms with van der Waals surface area (Å²) >= 11 is 0. The van der Waals surface area contributed by atoms with Crippen molar-refractivity contribution in [3.05, 3.63) is 59.7 Å². The fraction of sp³-hybridized carbons (Fsp3) is 0.368. The van der Waals surface area contributed by atoms with Gasteiger partial charge >= 0.3 is 6.03 Å².